The molecule has 0 saturated carbocycles. The molecule has 0 aromatic heterocycles. The predicted octanol–water partition coefficient (Wildman–Crippen LogP) is 9.58. The largest absolute Gasteiger partial charge is 0.475 e. The molecular formula is C35H57NO2. The average molecular weight is 524 g/mol. The SMILES string of the molecule is Cc1cc(C(C)(C)C)c(OC(C)N(C)C(C)Oc2c(C(C)(C)C)cc(C)cc2C(C)(C)C)c(C(C)(C)C)c1. The molecule has 2 atom stereocenters. The smallest absolute Gasteiger partial charge is 0.152 e. The highest BCUT2D eigenvalue weighted by atomic mass is 16.5. The molecule has 0 fully saturated rings. The van der Waals surface area contributed by atoms with Gasteiger partial charge in [-0.25, -0.2) is 4.90 Å². The summed E-state index contributed by atoms with van der Waals surface area (Å²) in [6, 6.07) is 9.15. The van der Waals surface area contributed by atoms with E-state index >= 15 is 0 Å². The fraction of sp³-hybridized carbons (Fsp3) is 0.657. The predicted molar refractivity (Wildman–Crippen MR) is 165 cm³/mol. The molecule has 0 aliphatic rings. The number of rotatable bonds is 6. The summed E-state index contributed by atoms with van der Waals surface area (Å²) < 4.78 is 13.7. The maximum absolute atomic E-state index is 6.87. The molecule has 0 amide bonds. The monoisotopic (exact) mass is 523 g/mol. The van der Waals surface area contributed by atoms with Gasteiger partial charge in [0.15, 0.2) is 12.5 Å². The van der Waals surface area contributed by atoms with Gasteiger partial charge >= 0.3 is 0 Å². The van der Waals surface area contributed by atoms with Gasteiger partial charge in [-0.05, 0) is 56.4 Å². The van der Waals surface area contributed by atoms with E-state index in [4.69, 9.17) is 9.47 Å². The van der Waals surface area contributed by atoms with E-state index in [0.717, 1.165) is 11.5 Å². The van der Waals surface area contributed by atoms with Crippen molar-refractivity contribution in [1.29, 1.82) is 0 Å². The molecule has 0 aliphatic heterocycles. The fourth-order valence-corrected chi connectivity index (χ4v) is 4.83. The second kappa shape index (κ2) is 10.9. The lowest BCUT2D eigenvalue weighted by atomic mass is 9.78. The number of aryl methyl sites for hydroxylation is 2. The van der Waals surface area contributed by atoms with Gasteiger partial charge in [0.2, 0.25) is 0 Å². The van der Waals surface area contributed by atoms with E-state index in [-0.39, 0.29) is 34.1 Å². The minimum Gasteiger partial charge on any atom is -0.475 e. The van der Waals surface area contributed by atoms with Crippen LogP contribution in [0.2, 0.25) is 0 Å². The van der Waals surface area contributed by atoms with E-state index in [1.807, 2.05) is 0 Å². The second-order valence-electron chi connectivity index (χ2n) is 15.5. The standard InChI is InChI=1S/C35H57NO2/c1-22-18-26(32(5,6)7)30(27(19-22)33(8,9)10)37-24(3)36(17)25(4)38-31-28(34(11,12)13)20-23(2)21-29(31)35(14,15)16/h18-21,24-25H,1-17H3. The van der Waals surface area contributed by atoms with Crippen molar-refractivity contribution in [1.82, 2.24) is 4.90 Å². The molecule has 0 saturated heterocycles. The van der Waals surface area contributed by atoms with Crippen molar-refractivity contribution in [3.05, 3.63) is 57.6 Å². The van der Waals surface area contributed by atoms with Gasteiger partial charge in [-0.3, -0.25) is 0 Å². The van der Waals surface area contributed by atoms with Crippen LogP contribution in [0.25, 0.3) is 0 Å². The van der Waals surface area contributed by atoms with Gasteiger partial charge < -0.3 is 9.47 Å². The Hall–Kier alpha value is -2.00. The minimum absolute atomic E-state index is 0.0348. The zero-order valence-electron chi connectivity index (χ0n) is 27.7. The summed E-state index contributed by atoms with van der Waals surface area (Å²) >= 11 is 0. The summed E-state index contributed by atoms with van der Waals surface area (Å²) in [6.45, 7) is 35.8. The number of hydrogen-bond donors (Lipinski definition) is 0. The molecule has 38 heavy (non-hydrogen) atoms. The summed E-state index contributed by atoms with van der Waals surface area (Å²) in [4.78, 5) is 2.19. The van der Waals surface area contributed by atoms with Crippen LogP contribution in [0.3, 0.4) is 0 Å². The van der Waals surface area contributed by atoms with Gasteiger partial charge in [0.25, 0.3) is 0 Å². The first kappa shape index (κ1) is 32.2. The van der Waals surface area contributed by atoms with Crippen LogP contribution in [0.1, 0.15) is 130 Å². The number of nitrogens with zero attached hydrogens (tertiary/aromatic N) is 1. The second-order valence-corrected chi connectivity index (χ2v) is 15.5. The fourth-order valence-electron chi connectivity index (χ4n) is 4.83. The lowest BCUT2D eigenvalue weighted by Gasteiger charge is -2.37. The maximum atomic E-state index is 6.87. The topological polar surface area (TPSA) is 21.7 Å². The summed E-state index contributed by atoms with van der Waals surface area (Å²) in [6.07, 6.45) is -0.368. The minimum atomic E-state index is -0.184. The Kier molecular flexibility index (Phi) is 9.22. The Balaban J connectivity index is 2.52. The van der Waals surface area contributed by atoms with Crippen LogP contribution in [0.5, 0.6) is 11.5 Å². The van der Waals surface area contributed by atoms with Crippen molar-refractivity contribution in [2.45, 2.75) is 145 Å². The van der Waals surface area contributed by atoms with E-state index in [1.54, 1.807) is 0 Å². The van der Waals surface area contributed by atoms with Crippen LogP contribution in [-0.2, 0) is 21.7 Å². The average Bonchev–Trinajstić information content (AvgIpc) is 2.71. The molecule has 2 aromatic rings. The van der Waals surface area contributed by atoms with Crippen LogP contribution in [0.4, 0.5) is 0 Å². The Morgan fingerprint density at radius 1 is 0.500 bits per heavy atom. The van der Waals surface area contributed by atoms with E-state index < -0.39 is 0 Å². The van der Waals surface area contributed by atoms with Gasteiger partial charge in [-0.2, -0.15) is 0 Å². The van der Waals surface area contributed by atoms with Crippen LogP contribution in [0, 0.1) is 13.8 Å². The van der Waals surface area contributed by atoms with Gasteiger partial charge in [0, 0.05) is 22.3 Å². The third-order valence-corrected chi connectivity index (χ3v) is 7.42. The molecule has 0 heterocycles. The summed E-state index contributed by atoms with van der Waals surface area (Å²) in [5.41, 5.74) is 7.40. The molecule has 0 bridgehead atoms. The number of benzene rings is 2. The van der Waals surface area contributed by atoms with Crippen LogP contribution in [-0.4, -0.2) is 24.4 Å². The highest BCUT2D eigenvalue weighted by Crippen LogP contribution is 2.43. The zero-order chi connectivity index (χ0) is 29.6. The Morgan fingerprint density at radius 3 is 0.895 bits per heavy atom. The van der Waals surface area contributed by atoms with E-state index in [9.17, 15) is 0 Å². The van der Waals surface area contributed by atoms with Gasteiger partial charge in [0.1, 0.15) is 11.5 Å². The lowest BCUT2D eigenvalue weighted by Crippen LogP contribution is -2.44. The molecule has 0 N–H and O–H groups in total. The molecule has 0 aliphatic carbocycles. The molecule has 0 radical (unpaired) electrons. The van der Waals surface area contributed by atoms with Gasteiger partial charge in [-0.1, -0.05) is 118 Å². The summed E-state index contributed by atoms with van der Waals surface area (Å²) in [5.74, 6) is 2.01. The molecule has 0 spiro atoms. The van der Waals surface area contributed by atoms with Crippen LogP contribution < -0.4 is 9.47 Å². The lowest BCUT2D eigenvalue weighted by molar-refractivity contribution is -0.0434. The van der Waals surface area contributed by atoms with Crippen LogP contribution >= 0.6 is 0 Å². The van der Waals surface area contributed by atoms with Crippen molar-refractivity contribution in [3.8, 4) is 11.5 Å². The first-order chi connectivity index (χ1) is 16.9. The third-order valence-electron chi connectivity index (χ3n) is 7.42. The molecule has 3 nitrogen and oxygen atoms in total. The first-order valence-corrected chi connectivity index (χ1v) is 14.3. The van der Waals surface area contributed by atoms with Crippen molar-refractivity contribution in [3.63, 3.8) is 0 Å². The Bertz CT molecular complexity index is 957. The highest BCUT2D eigenvalue weighted by molar-refractivity contribution is 5.52. The van der Waals surface area contributed by atoms with Gasteiger partial charge in [0.05, 0.1) is 0 Å². The highest BCUT2D eigenvalue weighted by Gasteiger charge is 2.32. The zero-order valence-corrected chi connectivity index (χ0v) is 27.7. The first-order valence-electron chi connectivity index (χ1n) is 14.3. The van der Waals surface area contributed by atoms with Gasteiger partial charge in [-0.15, -0.1) is 0 Å². The Labute approximate surface area is 235 Å². The quantitative estimate of drug-likeness (QED) is 0.352. The summed E-state index contributed by atoms with van der Waals surface area (Å²) in [5, 5.41) is 0. The van der Waals surface area contributed by atoms with E-state index in [2.05, 4.69) is 147 Å². The summed E-state index contributed by atoms with van der Waals surface area (Å²) in [7, 11) is 2.10. The molecule has 3 heteroatoms. The van der Waals surface area contributed by atoms with Crippen molar-refractivity contribution >= 4 is 0 Å². The van der Waals surface area contributed by atoms with Crippen LogP contribution in [0.15, 0.2) is 24.3 Å². The van der Waals surface area contributed by atoms with Crippen molar-refractivity contribution in [2.75, 3.05) is 7.05 Å². The Morgan fingerprint density at radius 2 is 0.711 bits per heavy atom. The molecule has 214 valence electrons. The molecule has 2 aromatic carbocycles. The third kappa shape index (κ3) is 7.56. The normalized spacial score (nSPS) is 15.0. The van der Waals surface area contributed by atoms with E-state index in [0.29, 0.717) is 0 Å². The van der Waals surface area contributed by atoms with Crippen molar-refractivity contribution < 1.29 is 9.47 Å². The maximum Gasteiger partial charge on any atom is 0.152 e. The molecular weight excluding hydrogens is 466 g/mol. The number of ether oxygens (including phenoxy) is 2. The van der Waals surface area contributed by atoms with E-state index in [1.165, 1.54) is 33.4 Å². The molecule has 2 unspecified atom stereocenters. The number of hydrogen-bond acceptors (Lipinski definition) is 3. The van der Waals surface area contributed by atoms with Crippen molar-refractivity contribution in [2.24, 2.45) is 0 Å². The molecule has 2 rings (SSSR count).